The van der Waals surface area contributed by atoms with E-state index in [-0.39, 0.29) is 71.8 Å². The molecule has 282 valence electrons. The molecule has 1 spiro atoms. The van der Waals surface area contributed by atoms with Crippen molar-refractivity contribution in [3.05, 3.63) is 45.1 Å². The van der Waals surface area contributed by atoms with E-state index in [4.69, 9.17) is 23.7 Å². The van der Waals surface area contributed by atoms with Crippen molar-refractivity contribution >= 4 is 35.6 Å². The molecule has 0 saturated heterocycles. The van der Waals surface area contributed by atoms with Gasteiger partial charge in [-0.05, 0) is 86.2 Å². The zero-order chi connectivity index (χ0) is 37.7. The minimum absolute atomic E-state index is 0.00529. The number of fused-ring (bicyclic) bond motifs is 7. The molecule has 0 aromatic rings. The predicted molar refractivity (Wildman–Crippen MR) is 179 cm³/mol. The van der Waals surface area contributed by atoms with Crippen molar-refractivity contribution in [2.75, 3.05) is 26.9 Å². The van der Waals surface area contributed by atoms with Gasteiger partial charge in [-0.25, -0.2) is 19.2 Å². The molecule has 0 amide bonds. The van der Waals surface area contributed by atoms with Crippen molar-refractivity contribution in [3.8, 4) is 0 Å². The Balaban J connectivity index is 1.27. The lowest BCUT2D eigenvalue weighted by Crippen LogP contribution is -2.67. The van der Waals surface area contributed by atoms with Gasteiger partial charge in [0.25, 0.3) is 0 Å². The van der Waals surface area contributed by atoms with Crippen LogP contribution in [0, 0.1) is 52.3 Å². The van der Waals surface area contributed by atoms with E-state index in [1.165, 1.54) is 14.0 Å². The van der Waals surface area contributed by atoms with Crippen LogP contribution < -0.4 is 0 Å². The summed E-state index contributed by atoms with van der Waals surface area (Å²) >= 11 is 0. The maximum Gasteiger partial charge on any atom is 0.344 e. The minimum Gasteiger partial charge on any atom is -0.466 e. The quantitative estimate of drug-likeness (QED) is 0.173. The molecule has 13 nitrogen and oxygen atoms in total. The SMILES string of the molecule is COC(=O)/C(C)=C1\C(=O)[C@H](O)[C@]2(C)C3=C(C[C@@H]4[C@@]5(OC(=O)C6=C5C[C@H]5[C@](O)(COC(=O)/C(C)=C/CCC(=O)OCC(=O)OC6)[C@H]6C[C@H]6[C@@]45C)[C@@H]31)[C@H]1C[C@H]12. The number of cyclic esters (lactones) is 3. The fourth-order valence-corrected chi connectivity index (χ4v) is 12.7. The van der Waals surface area contributed by atoms with E-state index in [1.54, 1.807) is 13.0 Å². The number of aliphatic hydroxyl groups is 2. The van der Waals surface area contributed by atoms with E-state index in [0.29, 0.717) is 18.4 Å². The number of methoxy groups -OCH3 is 1. The van der Waals surface area contributed by atoms with E-state index in [2.05, 4.69) is 6.92 Å². The molecule has 0 aromatic carbocycles. The van der Waals surface area contributed by atoms with E-state index >= 15 is 0 Å². The summed E-state index contributed by atoms with van der Waals surface area (Å²) in [5.41, 5.74) is -1.88. The number of ketones is 1. The van der Waals surface area contributed by atoms with Crippen LogP contribution in [0.5, 0.6) is 0 Å². The fourth-order valence-electron chi connectivity index (χ4n) is 12.7. The second-order valence-electron chi connectivity index (χ2n) is 17.2. The van der Waals surface area contributed by atoms with Crippen LogP contribution in [-0.4, -0.2) is 90.1 Å². The topological polar surface area (TPSA) is 189 Å². The zero-order valence-corrected chi connectivity index (χ0v) is 30.4. The third-order valence-electron chi connectivity index (χ3n) is 15.2. The summed E-state index contributed by atoms with van der Waals surface area (Å²) in [7, 11) is 1.22. The van der Waals surface area contributed by atoms with Crippen LogP contribution in [0.3, 0.4) is 0 Å². The molecule has 13 heteroatoms. The van der Waals surface area contributed by atoms with E-state index in [9.17, 15) is 39.0 Å². The van der Waals surface area contributed by atoms with Gasteiger partial charge in [-0.15, -0.1) is 0 Å². The van der Waals surface area contributed by atoms with Gasteiger partial charge in [-0.2, -0.15) is 0 Å². The normalized spacial score (nSPS) is 47.3. The van der Waals surface area contributed by atoms with Gasteiger partial charge in [0.2, 0.25) is 0 Å². The largest absolute Gasteiger partial charge is 0.466 e. The van der Waals surface area contributed by atoms with Gasteiger partial charge in [0.05, 0.1) is 18.6 Å². The van der Waals surface area contributed by atoms with Crippen LogP contribution in [-0.2, 0) is 52.5 Å². The maximum atomic E-state index is 14.6. The van der Waals surface area contributed by atoms with Crippen LogP contribution in [0.25, 0.3) is 0 Å². The van der Waals surface area contributed by atoms with Crippen LogP contribution >= 0.6 is 0 Å². The first kappa shape index (κ1) is 34.7. The number of esters is 5. The molecule has 0 radical (unpaired) electrons. The summed E-state index contributed by atoms with van der Waals surface area (Å²) in [6.07, 6.45) is 2.22. The molecule has 2 N–H and O–H groups in total. The lowest BCUT2D eigenvalue weighted by atomic mass is 9.42. The minimum atomic E-state index is -1.52. The number of Topliss-reactive ketones (excluding diaryl/α,β-unsaturated/α-hetero) is 1. The van der Waals surface area contributed by atoms with Crippen molar-refractivity contribution in [1.29, 1.82) is 0 Å². The second-order valence-corrected chi connectivity index (χ2v) is 17.2. The molecule has 9 aliphatic rings. The van der Waals surface area contributed by atoms with Crippen molar-refractivity contribution < 1.29 is 62.7 Å². The molecule has 7 aliphatic carbocycles. The highest BCUT2D eigenvalue weighted by Crippen LogP contribution is 2.83. The number of hydrogen-bond donors (Lipinski definition) is 2. The van der Waals surface area contributed by atoms with Crippen molar-refractivity contribution in [3.63, 3.8) is 0 Å². The Morgan fingerprint density at radius 3 is 2.40 bits per heavy atom. The van der Waals surface area contributed by atoms with Crippen molar-refractivity contribution in [2.45, 2.75) is 83.5 Å². The van der Waals surface area contributed by atoms with Gasteiger partial charge < -0.3 is 33.9 Å². The standard InChI is InChI=1S/C40H44O13/c1-16-7-6-8-27(41)51-14-28(42)50-13-20-22-12-25-37(3,23-11-24(23)39(25,48)15-52-34(16)45)26-10-19-18-9-21(18)38(4)30(19)31(40(22,26)53-36(20)47)29(32(43)33(38)44)17(2)35(46)49-5/h7,18,21,23-26,31,33,44,48H,6,8-15H2,1-5H3/b16-7+,29-17-/t18-,21-,23-,24+,25-,26+,31-,33+,37-,38+,39+,40-/m1/s1. The van der Waals surface area contributed by atoms with E-state index in [1.807, 2.05) is 6.92 Å². The highest BCUT2D eigenvalue weighted by atomic mass is 16.6. The number of ether oxygens (including phenoxy) is 5. The molecular formula is C40H44O13. The Labute approximate surface area is 305 Å². The molecule has 2 bridgehead atoms. The lowest BCUT2D eigenvalue weighted by Gasteiger charge is -2.63. The molecule has 12 atom stereocenters. The van der Waals surface area contributed by atoms with Gasteiger partial charge in [0, 0.05) is 40.4 Å². The van der Waals surface area contributed by atoms with Gasteiger partial charge in [0.15, 0.2) is 12.4 Å². The Morgan fingerprint density at radius 1 is 0.925 bits per heavy atom. The highest BCUT2D eigenvalue weighted by Gasteiger charge is 2.84. The fraction of sp³-hybridized carbons (Fsp3) is 0.650. The number of carbonyl (C=O) groups excluding carboxylic acids is 6. The Morgan fingerprint density at radius 2 is 1.66 bits per heavy atom. The van der Waals surface area contributed by atoms with E-state index < -0.39 is 94.7 Å². The number of allylic oxidation sites excluding steroid dienone is 2. The Hall–Kier alpha value is -4.10. The van der Waals surface area contributed by atoms with Crippen LogP contribution in [0.15, 0.2) is 45.1 Å². The molecular weight excluding hydrogens is 688 g/mol. The first-order valence-electron chi connectivity index (χ1n) is 18.6. The zero-order valence-electron chi connectivity index (χ0n) is 30.4. The number of hydrogen-bond acceptors (Lipinski definition) is 13. The maximum absolute atomic E-state index is 14.6. The van der Waals surface area contributed by atoms with E-state index in [0.717, 1.165) is 17.6 Å². The summed E-state index contributed by atoms with van der Waals surface area (Å²) in [4.78, 5) is 80.7. The average Bonchev–Trinajstić information content (AvgIpc) is 4.05. The Bertz CT molecular complexity index is 1970. The molecule has 5 saturated carbocycles. The summed E-state index contributed by atoms with van der Waals surface area (Å²) < 4.78 is 28.3. The van der Waals surface area contributed by atoms with Crippen LogP contribution in [0.4, 0.5) is 0 Å². The molecule has 5 fully saturated rings. The van der Waals surface area contributed by atoms with Crippen LogP contribution in [0.2, 0.25) is 0 Å². The molecule has 2 aliphatic heterocycles. The molecule has 2 heterocycles. The smallest absolute Gasteiger partial charge is 0.344 e. The number of rotatable bonds is 1. The van der Waals surface area contributed by atoms with Crippen LogP contribution in [0.1, 0.15) is 66.2 Å². The first-order chi connectivity index (χ1) is 25.1. The molecule has 0 aromatic heterocycles. The third kappa shape index (κ3) is 4.21. The van der Waals surface area contributed by atoms with Gasteiger partial charge in [-0.3, -0.25) is 9.59 Å². The van der Waals surface area contributed by atoms with Gasteiger partial charge in [0.1, 0.15) is 30.5 Å². The monoisotopic (exact) mass is 732 g/mol. The van der Waals surface area contributed by atoms with Gasteiger partial charge in [-0.1, -0.05) is 25.5 Å². The molecule has 53 heavy (non-hydrogen) atoms. The predicted octanol–water partition coefficient (Wildman–Crippen LogP) is 2.38. The third-order valence-corrected chi connectivity index (χ3v) is 15.2. The molecule has 9 rings (SSSR count). The first-order valence-corrected chi connectivity index (χ1v) is 18.6. The average molecular weight is 733 g/mol. The number of aliphatic hydroxyl groups excluding tert-OH is 1. The van der Waals surface area contributed by atoms with Crippen molar-refractivity contribution in [2.24, 2.45) is 52.3 Å². The molecule has 0 unspecified atom stereocenters. The second kappa shape index (κ2) is 11.0. The number of carbonyl (C=O) groups is 6. The summed E-state index contributed by atoms with van der Waals surface area (Å²) in [5, 5.41) is 24.6. The lowest BCUT2D eigenvalue weighted by molar-refractivity contribution is -0.191. The van der Waals surface area contributed by atoms with Crippen molar-refractivity contribution in [1.82, 2.24) is 0 Å². The summed E-state index contributed by atoms with van der Waals surface area (Å²) in [6, 6.07) is 0. The highest BCUT2D eigenvalue weighted by molar-refractivity contribution is 6.09. The Kier molecular flexibility index (Phi) is 7.19. The van der Waals surface area contributed by atoms with Gasteiger partial charge >= 0.3 is 29.8 Å². The summed E-state index contributed by atoms with van der Waals surface area (Å²) in [6.45, 7) is 5.57. The summed E-state index contributed by atoms with van der Waals surface area (Å²) in [5.74, 6) is -6.42.